The van der Waals surface area contributed by atoms with Crippen LogP contribution in [0.15, 0.2) is 41.3 Å². The van der Waals surface area contributed by atoms with E-state index in [1.807, 2.05) is 13.8 Å². The molecule has 0 heterocycles. The Bertz CT molecular complexity index is 939. The van der Waals surface area contributed by atoms with Gasteiger partial charge in [0.15, 0.2) is 0 Å². The van der Waals surface area contributed by atoms with Gasteiger partial charge in [-0.25, -0.2) is 8.42 Å². The normalized spacial score (nSPS) is 12.3. The third-order valence-electron chi connectivity index (χ3n) is 4.39. The lowest BCUT2D eigenvalue weighted by atomic mass is 10.1. The Kier molecular flexibility index (Phi) is 6.49. The molecule has 2 N–H and O–H groups in total. The fourth-order valence-corrected chi connectivity index (χ4v) is 4.04. The molecule has 0 radical (unpaired) electrons. The van der Waals surface area contributed by atoms with Crippen molar-refractivity contribution in [2.24, 2.45) is 0 Å². The maximum Gasteiger partial charge on any atom is 0.262 e. The lowest BCUT2D eigenvalue weighted by Gasteiger charge is -2.17. The maximum absolute atomic E-state index is 12.9. The highest BCUT2D eigenvalue weighted by atomic mass is 32.2. The highest BCUT2D eigenvalue weighted by Gasteiger charge is 2.22. The lowest BCUT2D eigenvalue weighted by Crippen LogP contribution is -2.32. The number of methoxy groups -OCH3 is 1. The molecule has 0 aliphatic carbocycles. The minimum Gasteiger partial charge on any atom is -0.496 e. The van der Waals surface area contributed by atoms with E-state index >= 15 is 0 Å². The number of aryl methyl sites for hydroxylation is 2. The summed E-state index contributed by atoms with van der Waals surface area (Å²) in [6.07, 6.45) is 0.782. The number of anilines is 1. The number of hydrogen-bond acceptors (Lipinski definition) is 4. The molecule has 0 bridgehead atoms. The third-order valence-corrected chi connectivity index (χ3v) is 5.90. The van der Waals surface area contributed by atoms with Gasteiger partial charge in [0.05, 0.1) is 23.3 Å². The number of hydrogen-bond donors (Lipinski definition) is 2. The van der Waals surface area contributed by atoms with Crippen LogP contribution >= 0.6 is 0 Å². The van der Waals surface area contributed by atoms with Crippen molar-refractivity contribution in [3.63, 3.8) is 0 Å². The maximum atomic E-state index is 12.9. The molecule has 6 nitrogen and oxygen atoms in total. The molecule has 2 aromatic carbocycles. The Hall–Kier alpha value is -2.54. The zero-order chi connectivity index (χ0) is 20.2. The van der Waals surface area contributed by atoms with E-state index in [0.717, 1.165) is 6.42 Å². The number of sulfonamides is 1. The van der Waals surface area contributed by atoms with Gasteiger partial charge in [-0.1, -0.05) is 19.1 Å². The molecule has 1 amide bonds. The summed E-state index contributed by atoms with van der Waals surface area (Å²) in [6, 6.07) is 9.81. The molecule has 0 aliphatic heterocycles. The number of para-hydroxylation sites is 1. The van der Waals surface area contributed by atoms with Gasteiger partial charge in [0.2, 0.25) is 0 Å². The van der Waals surface area contributed by atoms with Crippen LogP contribution in [0.25, 0.3) is 0 Å². The zero-order valence-corrected chi connectivity index (χ0v) is 17.1. The summed E-state index contributed by atoms with van der Waals surface area (Å²) in [6.45, 7) is 7.35. The summed E-state index contributed by atoms with van der Waals surface area (Å²) >= 11 is 0. The molecule has 27 heavy (non-hydrogen) atoms. The van der Waals surface area contributed by atoms with E-state index in [1.54, 1.807) is 57.4 Å². The molecule has 0 fully saturated rings. The molecule has 1 atom stereocenters. The first-order valence-corrected chi connectivity index (χ1v) is 10.3. The first-order chi connectivity index (χ1) is 12.7. The Morgan fingerprint density at radius 3 is 2.44 bits per heavy atom. The van der Waals surface area contributed by atoms with Gasteiger partial charge in [-0.3, -0.25) is 9.52 Å². The van der Waals surface area contributed by atoms with Gasteiger partial charge in [0, 0.05) is 6.04 Å². The quantitative estimate of drug-likeness (QED) is 0.756. The molecule has 1 unspecified atom stereocenters. The van der Waals surface area contributed by atoms with Crippen molar-refractivity contribution in [1.29, 1.82) is 0 Å². The fraction of sp³-hybridized carbons (Fsp3) is 0.350. The highest BCUT2D eigenvalue weighted by Crippen LogP contribution is 2.28. The van der Waals surface area contributed by atoms with Gasteiger partial charge >= 0.3 is 0 Å². The van der Waals surface area contributed by atoms with Gasteiger partial charge in [-0.05, 0) is 62.6 Å². The average molecular weight is 391 g/mol. The van der Waals surface area contributed by atoms with Crippen molar-refractivity contribution >= 4 is 21.6 Å². The van der Waals surface area contributed by atoms with E-state index in [2.05, 4.69) is 10.0 Å². The van der Waals surface area contributed by atoms with E-state index in [9.17, 15) is 13.2 Å². The minimum atomic E-state index is -3.87. The first kappa shape index (κ1) is 20.8. The van der Waals surface area contributed by atoms with Gasteiger partial charge in [-0.15, -0.1) is 0 Å². The Labute approximate surface area is 161 Å². The second-order valence-electron chi connectivity index (χ2n) is 6.52. The summed E-state index contributed by atoms with van der Waals surface area (Å²) in [7, 11) is -2.33. The predicted octanol–water partition coefficient (Wildman–Crippen LogP) is 3.64. The Morgan fingerprint density at radius 2 is 1.81 bits per heavy atom. The van der Waals surface area contributed by atoms with Crippen molar-refractivity contribution in [2.45, 2.75) is 45.1 Å². The number of amides is 1. The van der Waals surface area contributed by atoms with Crippen LogP contribution in [0.1, 0.15) is 41.8 Å². The van der Waals surface area contributed by atoms with Crippen LogP contribution in [0, 0.1) is 13.8 Å². The summed E-state index contributed by atoms with van der Waals surface area (Å²) in [5.41, 5.74) is 1.80. The monoisotopic (exact) mass is 390 g/mol. The number of carbonyl (C=O) groups excluding carboxylic acids is 1. The number of benzene rings is 2. The molecular weight excluding hydrogens is 364 g/mol. The Morgan fingerprint density at radius 1 is 1.15 bits per heavy atom. The van der Waals surface area contributed by atoms with Crippen LogP contribution in [0.2, 0.25) is 0 Å². The number of nitrogens with one attached hydrogen (secondary N) is 2. The average Bonchev–Trinajstić information content (AvgIpc) is 2.62. The first-order valence-electron chi connectivity index (χ1n) is 8.77. The molecular formula is C20H26N2O4S. The third kappa shape index (κ3) is 4.80. The van der Waals surface area contributed by atoms with Crippen LogP contribution in [0.5, 0.6) is 5.75 Å². The summed E-state index contributed by atoms with van der Waals surface area (Å²) in [5, 5.41) is 2.86. The van der Waals surface area contributed by atoms with Crippen LogP contribution in [0.4, 0.5) is 5.69 Å². The van der Waals surface area contributed by atoms with Crippen molar-refractivity contribution in [3.05, 3.63) is 53.1 Å². The van der Waals surface area contributed by atoms with Gasteiger partial charge in [-0.2, -0.15) is 0 Å². The molecule has 0 aromatic heterocycles. The number of ether oxygens (including phenoxy) is 1. The van der Waals surface area contributed by atoms with E-state index in [1.165, 1.54) is 0 Å². The SMILES string of the molecule is CCC(C)NC(=O)c1ccccc1NS(=O)(=O)c1cc(C)c(OC)cc1C. The van der Waals surface area contributed by atoms with E-state index in [-0.39, 0.29) is 28.1 Å². The fourth-order valence-electron chi connectivity index (χ4n) is 2.65. The molecule has 0 saturated heterocycles. The van der Waals surface area contributed by atoms with Crippen molar-refractivity contribution in [1.82, 2.24) is 5.32 Å². The predicted molar refractivity (Wildman–Crippen MR) is 107 cm³/mol. The molecule has 2 aromatic rings. The standard InChI is InChI=1S/C20H26N2O4S/c1-6-15(4)21-20(23)16-9-7-8-10-17(16)22-27(24,25)19-12-13(2)18(26-5)11-14(19)3/h7-12,15,22H,6H2,1-5H3,(H,21,23). The van der Waals surface area contributed by atoms with Crippen LogP contribution in [-0.2, 0) is 10.0 Å². The summed E-state index contributed by atoms with van der Waals surface area (Å²) < 4.78 is 33.7. The summed E-state index contributed by atoms with van der Waals surface area (Å²) in [4.78, 5) is 12.7. The van der Waals surface area contributed by atoms with Crippen molar-refractivity contribution < 1.29 is 17.9 Å². The van der Waals surface area contributed by atoms with Crippen LogP contribution in [-0.4, -0.2) is 27.5 Å². The molecule has 0 spiro atoms. The summed E-state index contributed by atoms with van der Waals surface area (Å²) in [5.74, 6) is 0.310. The van der Waals surface area contributed by atoms with Crippen molar-refractivity contribution in [2.75, 3.05) is 11.8 Å². The van der Waals surface area contributed by atoms with E-state index < -0.39 is 10.0 Å². The zero-order valence-electron chi connectivity index (χ0n) is 16.3. The van der Waals surface area contributed by atoms with Crippen LogP contribution < -0.4 is 14.8 Å². The van der Waals surface area contributed by atoms with E-state index in [4.69, 9.17) is 4.74 Å². The smallest absolute Gasteiger partial charge is 0.262 e. The molecule has 146 valence electrons. The lowest BCUT2D eigenvalue weighted by molar-refractivity contribution is 0.0940. The molecule has 2 rings (SSSR count). The van der Waals surface area contributed by atoms with Crippen molar-refractivity contribution in [3.8, 4) is 5.75 Å². The van der Waals surface area contributed by atoms with Crippen LogP contribution in [0.3, 0.4) is 0 Å². The van der Waals surface area contributed by atoms with Gasteiger partial charge < -0.3 is 10.1 Å². The minimum absolute atomic E-state index is 0.00588. The Balaban J connectivity index is 2.40. The van der Waals surface area contributed by atoms with Gasteiger partial charge in [0.25, 0.3) is 15.9 Å². The largest absolute Gasteiger partial charge is 0.496 e. The van der Waals surface area contributed by atoms with Gasteiger partial charge in [0.1, 0.15) is 5.75 Å². The van der Waals surface area contributed by atoms with E-state index in [0.29, 0.717) is 16.9 Å². The number of rotatable bonds is 7. The molecule has 0 saturated carbocycles. The second-order valence-corrected chi connectivity index (χ2v) is 8.17. The molecule has 7 heteroatoms. The highest BCUT2D eigenvalue weighted by molar-refractivity contribution is 7.92. The topological polar surface area (TPSA) is 84.5 Å². The number of carbonyl (C=O) groups is 1. The second kappa shape index (κ2) is 8.43. The molecule has 0 aliphatic rings.